The van der Waals surface area contributed by atoms with E-state index < -0.39 is 18.4 Å². The number of benzene rings is 1. The van der Waals surface area contributed by atoms with Gasteiger partial charge >= 0.3 is 5.92 Å². The highest BCUT2D eigenvalue weighted by Crippen LogP contribution is 2.40. The molecule has 0 bridgehead atoms. The molecule has 2 amide bonds. The zero-order valence-corrected chi connectivity index (χ0v) is 24.1. The van der Waals surface area contributed by atoms with Crippen LogP contribution in [0.3, 0.4) is 0 Å². The zero-order valence-electron chi connectivity index (χ0n) is 24.1. The first-order valence-corrected chi connectivity index (χ1v) is 14.6. The molecule has 1 aliphatic carbocycles. The van der Waals surface area contributed by atoms with Gasteiger partial charge in [-0.05, 0) is 56.8 Å². The number of fused-ring (bicyclic) bond motifs is 1. The number of hydrogen-bond donors (Lipinski definition) is 3. The highest BCUT2D eigenvalue weighted by atomic mass is 19.3. The lowest BCUT2D eigenvalue weighted by molar-refractivity contribution is -0.140. The normalized spacial score (nSPS) is 19.9. The maximum absolute atomic E-state index is 14.9. The molecule has 3 heterocycles. The van der Waals surface area contributed by atoms with E-state index in [0.29, 0.717) is 23.5 Å². The van der Waals surface area contributed by atoms with Gasteiger partial charge < -0.3 is 35.2 Å². The Balaban J connectivity index is 1.28. The third kappa shape index (κ3) is 6.57. The number of amides is 2. The smallest absolute Gasteiger partial charge is 0.342 e. The summed E-state index contributed by atoms with van der Waals surface area (Å²) in [6.07, 6.45) is 6.92. The third-order valence-electron chi connectivity index (χ3n) is 8.34. The van der Waals surface area contributed by atoms with Crippen LogP contribution >= 0.6 is 0 Å². The summed E-state index contributed by atoms with van der Waals surface area (Å²) in [4.78, 5) is 39.0. The zero-order chi connectivity index (χ0) is 29.9. The number of methoxy groups -OCH3 is 1. The number of rotatable bonds is 9. The molecule has 0 spiro atoms. The molecule has 13 heteroatoms. The van der Waals surface area contributed by atoms with Crippen LogP contribution in [-0.2, 0) is 4.79 Å². The van der Waals surface area contributed by atoms with Crippen LogP contribution in [0, 0.1) is 0 Å². The van der Waals surface area contributed by atoms with E-state index in [1.54, 1.807) is 23.1 Å². The Morgan fingerprint density at radius 3 is 2.64 bits per heavy atom. The maximum atomic E-state index is 14.9. The van der Waals surface area contributed by atoms with Gasteiger partial charge in [-0.2, -0.15) is 13.8 Å². The summed E-state index contributed by atoms with van der Waals surface area (Å²) in [5.74, 6) is -4.24. The number of halogens is 2. The number of piperidine rings is 1. The van der Waals surface area contributed by atoms with E-state index >= 15 is 0 Å². The second-order valence-electron chi connectivity index (χ2n) is 11.3. The number of carbonyl (C=O) groups is 2. The van der Waals surface area contributed by atoms with Gasteiger partial charge in [0.15, 0.2) is 5.82 Å². The Morgan fingerprint density at radius 1 is 1.19 bits per heavy atom. The van der Waals surface area contributed by atoms with E-state index in [4.69, 9.17) is 4.74 Å². The molecule has 2 aromatic rings. The Labute approximate surface area is 244 Å². The number of likely N-dealkylation sites (tertiary alicyclic amines) is 1. The van der Waals surface area contributed by atoms with Gasteiger partial charge in [0.05, 0.1) is 31.6 Å². The number of ether oxygens (including phenoxy) is 1. The van der Waals surface area contributed by atoms with Crippen LogP contribution in [0.1, 0.15) is 55.3 Å². The van der Waals surface area contributed by atoms with E-state index in [2.05, 4.69) is 25.5 Å². The van der Waals surface area contributed by atoms with Gasteiger partial charge in [0.25, 0.3) is 11.8 Å². The fraction of sp³-hybridized carbons (Fsp3) is 0.586. The molecule has 0 atom stereocenters. The van der Waals surface area contributed by atoms with Crippen molar-refractivity contribution >= 4 is 35.0 Å². The average molecular weight is 588 g/mol. The van der Waals surface area contributed by atoms with Gasteiger partial charge in [0, 0.05) is 38.3 Å². The number of alkyl halides is 2. The number of hydrogen-bond acceptors (Lipinski definition) is 9. The number of aliphatic hydroxyl groups excluding tert-OH is 1. The molecule has 2 fully saturated rings. The van der Waals surface area contributed by atoms with E-state index in [-0.39, 0.29) is 35.5 Å². The minimum atomic E-state index is -3.55. The molecule has 11 nitrogen and oxygen atoms in total. The quantitative estimate of drug-likeness (QED) is 0.380. The van der Waals surface area contributed by atoms with E-state index in [9.17, 15) is 23.5 Å². The molecular weight excluding hydrogens is 548 g/mol. The van der Waals surface area contributed by atoms with E-state index in [1.165, 1.54) is 20.4 Å². The maximum Gasteiger partial charge on any atom is 0.342 e. The van der Waals surface area contributed by atoms with Crippen LogP contribution in [0.25, 0.3) is 0 Å². The first kappa shape index (κ1) is 29.9. The first-order chi connectivity index (χ1) is 20.2. The van der Waals surface area contributed by atoms with Crippen LogP contribution in [0.15, 0.2) is 24.4 Å². The van der Waals surface area contributed by atoms with Gasteiger partial charge in [0.1, 0.15) is 11.4 Å². The molecule has 0 unspecified atom stereocenters. The molecule has 1 aromatic heterocycles. The number of aliphatic hydroxyl groups is 1. The largest absolute Gasteiger partial charge is 0.495 e. The second-order valence-corrected chi connectivity index (χ2v) is 11.3. The SMILES string of the molecule is COc1cc(C(=O)NCCCN2CCC(O)CC2)ccc1Nc1ncc2c(n1)N(C1CCCC1)CC(F)(F)C(=O)N2C. The number of nitrogens with zero attached hydrogens (tertiary/aromatic N) is 5. The number of nitrogens with one attached hydrogen (secondary N) is 2. The molecule has 2 aliphatic heterocycles. The Hall–Kier alpha value is -3.58. The van der Waals surface area contributed by atoms with E-state index in [0.717, 1.165) is 69.5 Å². The topological polar surface area (TPSA) is 123 Å². The minimum absolute atomic E-state index is 0.142. The van der Waals surface area contributed by atoms with E-state index in [1.807, 2.05) is 0 Å². The Kier molecular flexibility index (Phi) is 9.07. The van der Waals surface area contributed by atoms with Crippen LogP contribution in [-0.4, -0.2) is 96.7 Å². The van der Waals surface area contributed by atoms with Gasteiger partial charge in [-0.15, -0.1) is 0 Å². The van der Waals surface area contributed by atoms with Crippen molar-refractivity contribution in [3.05, 3.63) is 30.0 Å². The first-order valence-electron chi connectivity index (χ1n) is 14.6. The highest BCUT2D eigenvalue weighted by molar-refractivity contribution is 6.02. The fourth-order valence-corrected chi connectivity index (χ4v) is 5.91. The van der Waals surface area contributed by atoms with Crippen molar-refractivity contribution in [1.82, 2.24) is 20.2 Å². The van der Waals surface area contributed by atoms with Crippen molar-refractivity contribution in [2.24, 2.45) is 0 Å². The van der Waals surface area contributed by atoms with Gasteiger partial charge in [-0.3, -0.25) is 9.59 Å². The van der Waals surface area contributed by atoms with Crippen molar-refractivity contribution < 1.29 is 28.2 Å². The standard InChI is InChI=1S/C29H39F2N7O4/c1-36-23-17-33-28(35-25(23)38(20-6-3-4-7-20)18-29(30,31)27(36)41)34-22-9-8-19(16-24(22)42-2)26(40)32-12-5-13-37-14-10-21(39)11-15-37/h8-9,16-17,20-21,39H,3-7,10-15,18H2,1-2H3,(H,32,40)(H,33,34,35). The average Bonchev–Trinajstić information content (AvgIpc) is 3.51. The van der Waals surface area contributed by atoms with Gasteiger partial charge in [-0.1, -0.05) is 12.8 Å². The van der Waals surface area contributed by atoms with Gasteiger partial charge in [0.2, 0.25) is 5.95 Å². The summed E-state index contributed by atoms with van der Waals surface area (Å²) in [7, 11) is 2.80. The Morgan fingerprint density at radius 2 is 1.93 bits per heavy atom. The van der Waals surface area contributed by atoms with Crippen LogP contribution in [0.4, 0.5) is 31.9 Å². The molecule has 1 aromatic carbocycles. The molecule has 1 saturated carbocycles. The lowest BCUT2D eigenvalue weighted by Gasteiger charge is -2.31. The second kappa shape index (κ2) is 12.7. The van der Waals surface area contributed by atoms with Gasteiger partial charge in [-0.25, -0.2) is 4.98 Å². The van der Waals surface area contributed by atoms with Crippen molar-refractivity contribution in [2.75, 3.05) is 62.0 Å². The molecule has 1 saturated heterocycles. The lowest BCUT2D eigenvalue weighted by atomic mass is 10.1. The molecule has 3 aliphatic rings. The number of aromatic nitrogens is 2. The van der Waals surface area contributed by atoms with Crippen molar-refractivity contribution in [3.63, 3.8) is 0 Å². The predicted molar refractivity (Wildman–Crippen MR) is 155 cm³/mol. The summed E-state index contributed by atoms with van der Waals surface area (Å²) >= 11 is 0. The highest BCUT2D eigenvalue weighted by Gasteiger charge is 2.48. The summed E-state index contributed by atoms with van der Waals surface area (Å²) in [6, 6.07) is 4.82. The van der Waals surface area contributed by atoms with Crippen LogP contribution in [0.5, 0.6) is 5.75 Å². The number of carbonyl (C=O) groups excluding carboxylic acids is 2. The summed E-state index contributed by atoms with van der Waals surface area (Å²) in [6.45, 7) is 2.39. The predicted octanol–water partition coefficient (Wildman–Crippen LogP) is 3.17. The summed E-state index contributed by atoms with van der Waals surface area (Å²) in [5, 5.41) is 15.7. The lowest BCUT2D eigenvalue weighted by Crippen LogP contribution is -2.48. The minimum Gasteiger partial charge on any atom is -0.495 e. The molecule has 228 valence electrons. The third-order valence-corrected chi connectivity index (χ3v) is 8.34. The summed E-state index contributed by atoms with van der Waals surface area (Å²) in [5.41, 5.74) is 1.15. The van der Waals surface area contributed by atoms with Crippen molar-refractivity contribution in [1.29, 1.82) is 0 Å². The summed E-state index contributed by atoms with van der Waals surface area (Å²) < 4.78 is 35.3. The molecule has 3 N–H and O–H groups in total. The molecule has 5 rings (SSSR count). The van der Waals surface area contributed by atoms with Crippen molar-refractivity contribution in [2.45, 2.75) is 63.0 Å². The molecular formula is C29H39F2N7O4. The Bertz CT molecular complexity index is 1280. The van der Waals surface area contributed by atoms with Crippen molar-refractivity contribution in [3.8, 4) is 5.75 Å². The molecule has 42 heavy (non-hydrogen) atoms. The fourth-order valence-electron chi connectivity index (χ4n) is 5.91. The van der Waals surface area contributed by atoms with Crippen LogP contribution < -0.4 is 25.2 Å². The molecule has 0 radical (unpaired) electrons. The number of anilines is 4. The monoisotopic (exact) mass is 587 g/mol. The van der Waals surface area contributed by atoms with Crippen LogP contribution in [0.2, 0.25) is 0 Å².